The van der Waals surface area contributed by atoms with Gasteiger partial charge in [-0.2, -0.15) is 0 Å². The van der Waals surface area contributed by atoms with E-state index in [1.807, 2.05) is 42.5 Å². The first-order chi connectivity index (χ1) is 17.9. The Kier molecular flexibility index (Phi) is 7.69. The SMILES string of the molecule is CC(=O)O[C@H](COc1cccc2oc(-c3nnc(C)o3)cc12)CN1CCC(c2ccc(Cl)c(Cl)c2)CC1. The van der Waals surface area contributed by atoms with E-state index in [2.05, 4.69) is 15.1 Å². The van der Waals surface area contributed by atoms with Gasteiger partial charge < -0.3 is 18.3 Å². The van der Waals surface area contributed by atoms with Crippen LogP contribution < -0.4 is 4.74 Å². The standard InChI is InChI=1S/C27H27Cl2N3O5/c1-16-30-31-27(35-16)26-13-21-24(4-3-5-25(21)37-26)34-15-20(36-17(2)33)14-32-10-8-18(9-11-32)19-6-7-22(28)23(29)12-19/h3-7,12-13,18,20H,8-11,14-15H2,1-2H3/t20-/m0/s1. The molecule has 0 aliphatic carbocycles. The molecule has 1 atom stereocenters. The van der Waals surface area contributed by atoms with Gasteiger partial charge in [0.1, 0.15) is 24.0 Å². The summed E-state index contributed by atoms with van der Waals surface area (Å²) in [6.07, 6.45) is 1.55. The molecule has 1 aliphatic heterocycles. The van der Waals surface area contributed by atoms with E-state index in [0.29, 0.717) is 51.4 Å². The molecule has 0 spiro atoms. The molecule has 37 heavy (non-hydrogen) atoms. The van der Waals surface area contributed by atoms with Gasteiger partial charge in [0, 0.05) is 26.5 Å². The Bertz CT molecular complexity index is 1390. The molecule has 0 radical (unpaired) electrons. The summed E-state index contributed by atoms with van der Waals surface area (Å²) in [4.78, 5) is 14.1. The molecule has 194 valence electrons. The molecule has 2 aromatic heterocycles. The minimum Gasteiger partial charge on any atom is -0.489 e. The molecule has 0 bridgehead atoms. The van der Waals surface area contributed by atoms with Crippen molar-refractivity contribution in [3.8, 4) is 17.4 Å². The Morgan fingerprint density at radius 2 is 1.92 bits per heavy atom. The number of rotatable bonds is 8. The van der Waals surface area contributed by atoms with Gasteiger partial charge in [0.15, 0.2) is 5.76 Å². The van der Waals surface area contributed by atoms with E-state index in [-0.39, 0.29) is 12.6 Å². The second-order valence-electron chi connectivity index (χ2n) is 9.20. The number of carbonyl (C=O) groups is 1. The molecule has 1 aliphatic rings. The van der Waals surface area contributed by atoms with Gasteiger partial charge in [0.2, 0.25) is 5.89 Å². The number of fused-ring (bicyclic) bond motifs is 1. The van der Waals surface area contributed by atoms with Gasteiger partial charge in [-0.25, -0.2) is 0 Å². The fourth-order valence-corrected chi connectivity index (χ4v) is 5.01. The van der Waals surface area contributed by atoms with Gasteiger partial charge >= 0.3 is 5.97 Å². The van der Waals surface area contributed by atoms with Gasteiger partial charge in [-0.15, -0.1) is 10.2 Å². The van der Waals surface area contributed by atoms with Gasteiger partial charge in [0.05, 0.1) is 15.4 Å². The highest BCUT2D eigenvalue weighted by atomic mass is 35.5. The van der Waals surface area contributed by atoms with Crippen LogP contribution in [0.1, 0.15) is 37.1 Å². The lowest BCUT2D eigenvalue weighted by Crippen LogP contribution is -2.42. The number of nitrogens with zero attached hydrogens (tertiary/aromatic N) is 3. The Labute approximate surface area is 224 Å². The van der Waals surface area contributed by atoms with E-state index in [0.717, 1.165) is 31.3 Å². The number of aromatic nitrogens is 2. The van der Waals surface area contributed by atoms with E-state index >= 15 is 0 Å². The summed E-state index contributed by atoms with van der Waals surface area (Å²) < 4.78 is 23.1. The predicted molar refractivity (Wildman–Crippen MR) is 140 cm³/mol. The maximum atomic E-state index is 11.8. The smallest absolute Gasteiger partial charge is 0.303 e. The lowest BCUT2D eigenvalue weighted by Gasteiger charge is -2.34. The second kappa shape index (κ2) is 11.1. The first kappa shape index (κ1) is 25.6. The molecule has 1 saturated heterocycles. The van der Waals surface area contributed by atoms with Gasteiger partial charge in [-0.05, 0) is 61.7 Å². The summed E-state index contributed by atoms with van der Waals surface area (Å²) in [6.45, 7) is 5.70. The molecule has 0 N–H and O–H groups in total. The van der Waals surface area contributed by atoms with Crippen molar-refractivity contribution in [3.05, 3.63) is 64.0 Å². The third kappa shape index (κ3) is 6.09. The quantitative estimate of drug-likeness (QED) is 0.239. The van der Waals surface area contributed by atoms with Gasteiger partial charge in [-0.3, -0.25) is 9.69 Å². The van der Waals surface area contributed by atoms with Crippen molar-refractivity contribution in [1.82, 2.24) is 15.1 Å². The Hall–Kier alpha value is -3.07. The van der Waals surface area contributed by atoms with Crippen LogP contribution in [0.15, 0.2) is 51.3 Å². The van der Waals surface area contributed by atoms with Crippen LogP contribution in [0.4, 0.5) is 0 Å². The van der Waals surface area contributed by atoms with Crippen LogP contribution in [-0.2, 0) is 9.53 Å². The fraction of sp³-hybridized carbons (Fsp3) is 0.370. The average Bonchev–Trinajstić information content (AvgIpc) is 3.51. The van der Waals surface area contributed by atoms with Crippen LogP contribution in [0, 0.1) is 6.92 Å². The number of furan rings is 1. The first-order valence-electron chi connectivity index (χ1n) is 12.2. The summed E-state index contributed by atoms with van der Waals surface area (Å²) in [6, 6.07) is 13.2. The van der Waals surface area contributed by atoms with Crippen LogP contribution >= 0.6 is 23.2 Å². The van der Waals surface area contributed by atoms with Gasteiger partial charge in [-0.1, -0.05) is 35.3 Å². The maximum Gasteiger partial charge on any atom is 0.303 e. The third-order valence-electron chi connectivity index (χ3n) is 6.48. The third-order valence-corrected chi connectivity index (χ3v) is 7.22. The lowest BCUT2D eigenvalue weighted by molar-refractivity contribution is -0.149. The van der Waals surface area contributed by atoms with Crippen LogP contribution in [0.5, 0.6) is 5.75 Å². The van der Waals surface area contributed by atoms with E-state index in [4.69, 9.17) is 41.5 Å². The van der Waals surface area contributed by atoms with Crippen molar-refractivity contribution < 1.29 is 23.1 Å². The molecular weight excluding hydrogens is 517 g/mol. The molecule has 8 nitrogen and oxygen atoms in total. The van der Waals surface area contributed by atoms with Crippen molar-refractivity contribution in [3.63, 3.8) is 0 Å². The molecule has 0 saturated carbocycles. The largest absolute Gasteiger partial charge is 0.489 e. The Morgan fingerprint density at radius 3 is 2.62 bits per heavy atom. The number of halogens is 2. The average molecular weight is 544 g/mol. The summed E-state index contributed by atoms with van der Waals surface area (Å²) in [7, 11) is 0. The molecule has 5 rings (SSSR count). The van der Waals surface area contributed by atoms with E-state index in [9.17, 15) is 4.79 Å². The zero-order chi connectivity index (χ0) is 25.9. The number of ether oxygens (including phenoxy) is 2. The van der Waals surface area contributed by atoms with Crippen molar-refractivity contribution in [1.29, 1.82) is 0 Å². The zero-order valence-electron chi connectivity index (χ0n) is 20.6. The van der Waals surface area contributed by atoms with Crippen LogP contribution in [0.3, 0.4) is 0 Å². The molecule has 0 unspecified atom stereocenters. The topological polar surface area (TPSA) is 90.8 Å². The molecule has 0 amide bonds. The van der Waals surface area contributed by atoms with Gasteiger partial charge in [0.25, 0.3) is 5.89 Å². The number of benzene rings is 2. The highest BCUT2D eigenvalue weighted by molar-refractivity contribution is 6.42. The summed E-state index contributed by atoms with van der Waals surface area (Å²) in [5.41, 5.74) is 1.84. The van der Waals surface area contributed by atoms with Crippen LogP contribution in [0.2, 0.25) is 10.0 Å². The Morgan fingerprint density at radius 1 is 1.11 bits per heavy atom. The minimum absolute atomic E-state index is 0.214. The maximum absolute atomic E-state index is 11.8. The number of aryl methyl sites for hydroxylation is 1. The van der Waals surface area contributed by atoms with Crippen molar-refractivity contribution in [2.45, 2.75) is 38.7 Å². The number of hydrogen-bond acceptors (Lipinski definition) is 8. The van der Waals surface area contributed by atoms with Crippen molar-refractivity contribution in [2.75, 3.05) is 26.2 Å². The molecule has 10 heteroatoms. The number of hydrogen-bond donors (Lipinski definition) is 0. The van der Waals surface area contributed by atoms with Crippen LogP contribution in [0.25, 0.3) is 22.6 Å². The predicted octanol–water partition coefficient (Wildman–Crippen LogP) is 6.29. The van der Waals surface area contributed by atoms with E-state index in [1.165, 1.54) is 12.5 Å². The summed E-state index contributed by atoms with van der Waals surface area (Å²) >= 11 is 12.3. The highest BCUT2D eigenvalue weighted by Crippen LogP contribution is 2.34. The van der Waals surface area contributed by atoms with Crippen molar-refractivity contribution in [2.24, 2.45) is 0 Å². The zero-order valence-corrected chi connectivity index (χ0v) is 22.1. The van der Waals surface area contributed by atoms with Crippen LogP contribution in [-0.4, -0.2) is 53.4 Å². The minimum atomic E-state index is -0.417. The highest BCUT2D eigenvalue weighted by Gasteiger charge is 2.25. The fourth-order valence-electron chi connectivity index (χ4n) is 4.71. The summed E-state index contributed by atoms with van der Waals surface area (Å²) in [5, 5.41) is 9.80. The molecule has 4 aromatic rings. The number of piperidine rings is 1. The molecule has 2 aromatic carbocycles. The van der Waals surface area contributed by atoms with Crippen molar-refractivity contribution >= 4 is 40.1 Å². The van der Waals surface area contributed by atoms with E-state index < -0.39 is 6.10 Å². The molecule has 3 heterocycles. The monoisotopic (exact) mass is 543 g/mol. The first-order valence-corrected chi connectivity index (χ1v) is 12.9. The number of carbonyl (C=O) groups excluding carboxylic acids is 1. The number of esters is 1. The molecular formula is C27H27Cl2N3O5. The summed E-state index contributed by atoms with van der Waals surface area (Å²) in [5.74, 6) is 1.94. The van der Waals surface area contributed by atoms with E-state index in [1.54, 1.807) is 6.92 Å². The molecule has 1 fully saturated rings. The second-order valence-corrected chi connectivity index (χ2v) is 10.0. The normalized spacial score (nSPS) is 15.7. The lowest BCUT2D eigenvalue weighted by atomic mass is 9.89. The number of likely N-dealkylation sites (tertiary alicyclic amines) is 1. The Balaban J connectivity index is 1.22.